The first-order chi connectivity index (χ1) is 10.7. The average molecular weight is 298 g/mol. The zero-order valence-corrected chi connectivity index (χ0v) is 13.2. The van der Waals surface area contributed by atoms with E-state index in [-0.39, 0.29) is 5.97 Å². The molecule has 0 N–H and O–H groups in total. The van der Waals surface area contributed by atoms with Gasteiger partial charge in [-0.25, -0.2) is 4.79 Å². The zero-order chi connectivity index (χ0) is 15.8. The Labute approximate surface area is 131 Å². The summed E-state index contributed by atoms with van der Waals surface area (Å²) in [4.78, 5) is 12.2. The van der Waals surface area contributed by atoms with Crippen LogP contribution in [-0.4, -0.2) is 12.6 Å². The van der Waals surface area contributed by atoms with E-state index in [4.69, 9.17) is 9.47 Å². The lowest BCUT2D eigenvalue weighted by atomic mass is 10.1. The van der Waals surface area contributed by atoms with Crippen molar-refractivity contribution in [3.8, 4) is 11.5 Å². The molecule has 0 amide bonds. The predicted octanol–water partition coefficient (Wildman–Crippen LogP) is 4.78. The number of para-hydroxylation sites is 2. The summed E-state index contributed by atoms with van der Waals surface area (Å²) in [6.45, 7) is 4.76. The molecule has 0 unspecified atom stereocenters. The van der Waals surface area contributed by atoms with E-state index in [2.05, 4.69) is 6.92 Å². The second-order valence-electron chi connectivity index (χ2n) is 5.26. The van der Waals surface area contributed by atoms with Gasteiger partial charge in [0.2, 0.25) is 0 Å². The highest BCUT2D eigenvalue weighted by Crippen LogP contribution is 2.27. The Bertz CT molecular complexity index is 602. The lowest BCUT2D eigenvalue weighted by Crippen LogP contribution is -2.09. The summed E-state index contributed by atoms with van der Waals surface area (Å²) in [5.74, 6) is 0.702. The third-order valence-corrected chi connectivity index (χ3v) is 3.34. The Balaban J connectivity index is 2.02. The second-order valence-corrected chi connectivity index (χ2v) is 5.26. The Morgan fingerprint density at radius 3 is 2.32 bits per heavy atom. The van der Waals surface area contributed by atoms with E-state index in [9.17, 15) is 4.79 Å². The molecule has 0 radical (unpaired) electrons. The standard InChI is InChI=1S/C19H22O3/c1-3-4-7-14-21-17-8-5-6-9-18(17)22-19(20)16-12-10-15(2)11-13-16/h5-6,8-13H,3-4,7,14H2,1-2H3. The number of ether oxygens (including phenoxy) is 2. The van der Waals surface area contributed by atoms with Crippen molar-refractivity contribution in [3.05, 3.63) is 59.7 Å². The Kier molecular flexibility index (Phi) is 6.01. The molecule has 0 saturated carbocycles. The number of hydrogen-bond donors (Lipinski definition) is 0. The third-order valence-electron chi connectivity index (χ3n) is 3.34. The van der Waals surface area contributed by atoms with Crippen molar-refractivity contribution in [1.82, 2.24) is 0 Å². The van der Waals surface area contributed by atoms with E-state index in [1.807, 2.05) is 37.3 Å². The zero-order valence-electron chi connectivity index (χ0n) is 13.2. The molecule has 116 valence electrons. The van der Waals surface area contributed by atoms with Crippen LogP contribution in [0, 0.1) is 6.92 Å². The van der Waals surface area contributed by atoms with Crippen LogP contribution in [0.1, 0.15) is 42.1 Å². The second kappa shape index (κ2) is 8.23. The number of carbonyl (C=O) groups excluding carboxylic acids is 1. The van der Waals surface area contributed by atoms with Crippen LogP contribution in [0.3, 0.4) is 0 Å². The van der Waals surface area contributed by atoms with Gasteiger partial charge in [0.1, 0.15) is 0 Å². The molecule has 3 nitrogen and oxygen atoms in total. The van der Waals surface area contributed by atoms with Gasteiger partial charge in [-0.3, -0.25) is 0 Å². The number of esters is 1. The summed E-state index contributed by atoms with van der Waals surface area (Å²) in [7, 11) is 0. The summed E-state index contributed by atoms with van der Waals surface area (Å²) < 4.78 is 11.2. The molecule has 0 aliphatic carbocycles. The molecule has 2 aromatic carbocycles. The number of unbranched alkanes of at least 4 members (excludes halogenated alkanes) is 2. The fourth-order valence-corrected chi connectivity index (χ4v) is 2.04. The SMILES string of the molecule is CCCCCOc1ccccc1OC(=O)c1ccc(C)cc1. The van der Waals surface area contributed by atoms with Crippen LogP contribution in [0.15, 0.2) is 48.5 Å². The highest BCUT2D eigenvalue weighted by Gasteiger charge is 2.12. The molecular formula is C19H22O3. The van der Waals surface area contributed by atoms with Crippen LogP contribution < -0.4 is 9.47 Å². The smallest absolute Gasteiger partial charge is 0.343 e. The van der Waals surface area contributed by atoms with Gasteiger partial charge in [0, 0.05) is 0 Å². The van der Waals surface area contributed by atoms with Gasteiger partial charge >= 0.3 is 5.97 Å². The summed E-state index contributed by atoms with van der Waals surface area (Å²) in [6, 6.07) is 14.6. The monoisotopic (exact) mass is 298 g/mol. The maximum absolute atomic E-state index is 12.2. The highest BCUT2D eigenvalue weighted by atomic mass is 16.6. The lowest BCUT2D eigenvalue weighted by Gasteiger charge is -2.11. The summed E-state index contributed by atoms with van der Waals surface area (Å²) in [5.41, 5.74) is 1.64. The Morgan fingerprint density at radius 2 is 1.64 bits per heavy atom. The molecule has 0 spiro atoms. The van der Waals surface area contributed by atoms with Gasteiger partial charge in [-0.1, -0.05) is 49.6 Å². The minimum atomic E-state index is -0.371. The molecule has 0 aromatic heterocycles. The van der Waals surface area contributed by atoms with E-state index in [0.29, 0.717) is 23.7 Å². The normalized spacial score (nSPS) is 10.3. The van der Waals surface area contributed by atoms with Crippen LogP contribution in [0.2, 0.25) is 0 Å². The molecule has 0 saturated heterocycles. The predicted molar refractivity (Wildman–Crippen MR) is 87.6 cm³/mol. The van der Waals surface area contributed by atoms with Gasteiger partial charge < -0.3 is 9.47 Å². The van der Waals surface area contributed by atoms with Crippen molar-refractivity contribution in [2.75, 3.05) is 6.61 Å². The first-order valence-electron chi connectivity index (χ1n) is 7.71. The van der Waals surface area contributed by atoms with Crippen molar-refractivity contribution in [2.24, 2.45) is 0 Å². The third kappa shape index (κ3) is 4.62. The molecule has 22 heavy (non-hydrogen) atoms. The van der Waals surface area contributed by atoms with E-state index in [1.165, 1.54) is 0 Å². The van der Waals surface area contributed by atoms with Crippen molar-refractivity contribution >= 4 is 5.97 Å². The molecule has 0 fully saturated rings. The molecule has 0 aliphatic rings. The molecule has 3 heteroatoms. The fourth-order valence-electron chi connectivity index (χ4n) is 2.04. The van der Waals surface area contributed by atoms with Crippen molar-refractivity contribution in [2.45, 2.75) is 33.1 Å². The van der Waals surface area contributed by atoms with Crippen molar-refractivity contribution < 1.29 is 14.3 Å². The summed E-state index contributed by atoms with van der Waals surface area (Å²) >= 11 is 0. The average Bonchev–Trinajstić information content (AvgIpc) is 2.53. The van der Waals surface area contributed by atoms with Gasteiger partial charge in [0.05, 0.1) is 12.2 Å². The van der Waals surface area contributed by atoms with Crippen molar-refractivity contribution in [1.29, 1.82) is 0 Å². The van der Waals surface area contributed by atoms with Crippen LogP contribution >= 0.6 is 0 Å². The fraction of sp³-hybridized carbons (Fsp3) is 0.316. The number of hydrogen-bond acceptors (Lipinski definition) is 3. The van der Waals surface area contributed by atoms with Gasteiger partial charge in [-0.15, -0.1) is 0 Å². The van der Waals surface area contributed by atoms with Crippen LogP contribution in [0.25, 0.3) is 0 Å². The quantitative estimate of drug-likeness (QED) is 0.419. The lowest BCUT2D eigenvalue weighted by molar-refractivity contribution is 0.0728. The van der Waals surface area contributed by atoms with Crippen LogP contribution in [0.5, 0.6) is 11.5 Å². The topological polar surface area (TPSA) is 35.5 Å². The van der Waals surface area contributed by atoms with Crippen LogP contribution in [-0.2, 0) is 0 Å². The number of rotatable bonds is 7. The number of carbonyl (C=O) groups is 1. The van der Waals surface area contributed by atoms with E-state index < -0.39 is 0 Å². The van der Waals surface area contributed by atoms with Crippen molar-refractivity contribution in [3.63, 3.8) is 0 Å². The number of aryl methyl sites for hydroxylation is 1. The highest BCUT2D eigenvalue weighted by molar-refractivity contribution is 5.91. The summed E-state index contributed by atoms with van der Waals surface area (Å²) in [6.07, 6.45) is 3.27. The molecule has 2 rings (SSSR count). The minimum absolute atomic E-state index is 0.371. The van der Waals surface area contributed by atoms with Gasteiger partial charge in [-0.05, 0) is 37.6 Å². The van der Waals surface area contributed by atoms with Gasteiger partial charge in [0.15, 0.2) is 11.5 Å². The van der Waals surface area contributed by atoms with Gasteiger partial charge in [-0.2, -0.15) is 0 Å². The maximum atomic E-state index is 12.2. The molecule has 0 aliphatic heterocycles. The Morgan fingerprint density at radius 1 is 0.955 bits per heavy atom. The molecule has 2 aromatic rings. The van der Waals surface area contributed by atoms with E-state index >= 15 is 0 Å². The largest absolute Gasteiger partial charge is 0.490 e. The molecular weight excluding hydrogens is 276 g/mol. The van der Waals surface area contributed by atoms with Crippen LogP contribution in [0.4, 0.5) is 0 Å². The first kappa shape index (κ1) is 16.1. The minimum Gasteiger partial charge on any atom is -0.490 e. The van der Waals surface area contributed by atoms with Gasteiger partial charge in [0.25, 0.3) is 0 Å². The van der Waals surface area contributed by atoms with E-state index in [1.54, 1.807) is 18.2 Å². The first-order valence-corrected chi connectivity index (χ1v) is 7.71. The Hall–Kier alpha value is -2.29. The molecule has 0 atom stereocenters. The van der Waals surface area contributed by atoms with E-state index in [0.717, 1.165) is 24.8 Å². The molecule has 0 bridgehead atoms. The maximum Gasteiger partial charge on any atom is 0.343 e. The summed E-state index contributed by atoms with van der Waals surface area (Å²) in [5, 5.41) is 0. The molecule has 0 heterocycles. The number of benzene rings is 2.